The highest BCUT2D eigenvalue weighted by Crippen LogP contribution is 2.45. The number of hydrogen-bond donors (Lipinski definition) is 0. The summed E-state index contributed by atoms with van der Waals surface area (Å²) in [6.07, 6.45) is 0. The molecule has 0 N–H and O–H groups in total. The number of halogens is 1. The third kappa shape index (κ3) is 6.58. The van der Waals surface area contributed by atoms with Gasteiger partial charge in [-0.1, -0.05) is 66.7 Å². The maximum absolute atomic E-state index is 8.49. The van der Waals surface area contributed by atoms with Crippen molar-refractivity contribution in [1.29, 1.82) is 0 Å². The number of hydrogen-bond acceptors (Lipinski definition) is 5. The minimum Gasteiger partial charge on any atom is -0.377 e. The van der Waals surface area contributed by atoms with E-state index in [4.69, 9.17) is 18.6 Å². The summed E-state index contributed by atoms with van der Waals surface area (Å²) in [7, 11) is -0.702. The van der Waals surface area contributed by atoms with E-state index in [0.717, 1.165) is 0 Å². The first-order chi connectivity index (χ1) is 15.2. The Labute approximate surface area is 193 Å². The Bertz CT molecular complexity index is 1130. The molecule has 0 saturated heterocycles. The van der Waals surface area contributed by atoms with Crippen molar-refractivity contribution in [1.82, 2.24) is 0 Å². The van der Waals surface area contributed by atoms with E-state index in [9.17, 15) is 0 Å². The summed E-state index contributed by atoms with van der Waals surface area (Å²) in [5, 5.41) is 0. The molecule has 7 heteroatoms. The first kappa shape index (κ1) is 23.8. The Kier molecular flexibility index (Phi) is 7.93. The summed E-state index contributed by atoms with van der Waals surface area (Å²) >= 11 is 1.86. The van der Waals surface area contributed by atoms with Gasteiger partial charge in [0.2, 0.25) is 21.1 Å². The van der Waals surface area contributed by atoms with Crippen molar-refractivity contribution in [2.24, 2.45) is 0 Å². The topological polar surface area (TPSA) is 95.5 Å². The molecule has 0 radical (unpaired) electrons. The van der Waals surface area contributed by atoms with Gasteiger partial charge in [0.1, 0.15) is 0 Å². The fourth-order valence-electron chi connectivity index (χ4n) is 3.28. The molecule has 32 heavy (non-hydrogen) atoms. The normalized spacial score (nSPS) is 10.8. The molecule has 0 saturated carbocycles. The molecule has 0 fully saturated rings. The van der Waals surface area contributed by atoms with Gasteiger partial charge in [0.05, 0.1) is 11.3 Å². The van der Waals surface area contributed by atoms with E-state index in [1.165, 1.54) is 37.7 Å². The Morgan fingerprint density at radius 1 is 0.625 bits per heavy atom. The fraction of sp³-hybridized carbons (Fsp3) is 0.0800. The third-order valence-corrected chi connectivity index (χ3v) is 5.82. The van der Waals surface area contributed by atoms with Gasteiger partial charge in [-0.15, -0.1) is 10.2 Å². The molecule has 164 valence electrons. The van der Waals surface area contributed by atoms with Gasteiger partial charge in [0.15, 0.2) is 0 Å². The van der Waals surface area contributed by atoms with Crippen LogP contribution in [-0.4, -0.2) is 14.1 Å². The Hall–Kier alpha value is -2.84. The SMILES string of the molecule is CN(C)c1cc(-c2ccccc2)[s+]c(-c2ccccc2)c1-c1ccccc1.[O-][Cl+3]([O-])([O-])[O-]. The van der Waals surface area contributed by atoms with Gasteiger partial charge in [-0.2, -0.15) is 0 Å². The monoisotopic (exact) mass is 467 g/mol. The van der Waals surface area contributed by atoms with Crippen LogP contribution in [0.5, 0.6) is 0 Å². The van der Waals surface area contributed by atoms with E-state index >= 15 is 0 Å². The molecule has 4 aromatic rings. The minimum absolute atomic E-state index is 1.23. The van der Waals surface area contributed by atoms with Gasteiger partial charge in [-0.25, -0.2) is 18.6 Å². The van der Waals surface area contributed by atoms with Gasteiger partial charge in [-0.3, -0.25) is 0 Å². The lowest BCUT2D eigenvalue weighted by Gasteiger charge is -2.18. The highest BCUT2D eigenvalue weighted by Gasteiger charge is 2.26. The quantitative estimate of drug-likeness (QED) is 0.429. The highest BCUT2D eigenvalue weighted by atomic mass is 35.7. The van der Waals surface area contributed by atoms with E-state index < -0.39 is 10.2 Å². The number of rotatable bonds is 4. The second-order valence-electron chi connectivity index (χ2n) is 7.07. The van der Waals surface area contributed by atoms with E-state index in [2.05, 4.69) is 116 Å². The van der Waals surface area contributed by atoms with Crippen molar-refractivity contribution >= 4 is 17.0 Å². The fourth-order valence-corrected chi connectivity index (χ4v) is 4.50. The molecule has 4 rings (SSSR count). The summed E-state index contributed by atoms with van der Waals surface area (Å²) in [5.74, 6) is 0. The standard InChI is InChI=1S/C25H22NS.ClHO4/c1-26(2)22-18-23(19-12-6-3-7-13-19)27-25(21-16-10-5-11-17-21)24(22)20-14-8-4-9-15-20;2-1(3,4)5/h3-18H,1-2H3;(H,2,3,4,5)/q+1;/p-1. The van der Waals surface area contributed by atoms with Crippen LogP contribution < -0.4 is 23.5 Å². The summed E-state index contributed by atoms with van der Waals surface area (Å²) < 4.78 is 34.0. The van der Waals surface area contributed by atoms with Crippen molar-refractivity contribution < 1.29 is 28.9 Å². The van der Waals surface area contributed by atoms with Crippen LogP contribution in [-0.2, 0) is 0 Å². The van der Waals surface area contributed by atoms with E-state index in [1.807, 2.05) is 11.3 Å². The van der Waals surface area contributed by atoms with Crippen LogP contribution >= 0.6 is 11.3 Å². The van der Waals surface area contributed by atoms with Crippen molar-refractivity contribution in [3.63, 3.8) is 0 Å². The van der Waals surface area contributed by atoms with Crippen LogP contribution in [0.3, 0.4) is 0 Å². The van der Waals surface area contributed by atoms with E-state index in [0.29, 0.717) is 0 Å². The molecule has 0 aliphatic heterocycles. The summed E-state index contributed by atoms with van der Waals surface area (Å²) in [6.45, 7) is 0. The van der Waals surface area contributed by atoms with Gasteiger partial charge in [0.25, 0.3) is 0 Å². The summed E-state index contributed by atoms with van der Waals surface area (Å²) in [5.41, 5.74) is 6.27. The first-order valence-electron chi connectivity index (χ1n) is 9.70. The van der Waals surface area contributed by atoms with Crippen LogP contribution in [0.4, 0.5) is 5.69 Å². The molecule has 0 amide bonds. The maximum atomic E-state index is 8.49. The van der Waals surface area contributed by atoms with Gasteiger partial charge in [0, 0.05) is 31.3 Å². The molecule has 1 aromatic heterocycles. The van der Waals surface area contributed by atoms with Crippen LogP contribution in [0.15, 0.2) is 97.1 Å². The average Bonchev–Trinajstić information content (AvgIpc) is 2.79. The summed E-state index contributed by atoms with van der Waals surface area (Å²) in [4.78, 5) is 4.79. The molecule has 0 unspecified atom stereocenters. The maximum Gasteiger partial charge on any atom is 0.248 e. The number of anilines is 1. The van der Waals surface area contributed by atoms with Crippen LogP contribution in [0.25, 0.3) is 32.0 Å². The molecule has 0 aliphatic carbocycles. The smallest absolute Gasteiger partial charge is 0.248 e. The van der Waals surface area contributed by atoms with Gasteiger partial charge >= 0.3 is 0 Å². The first-order valence-corrected chi connectivity index (χ1v) is 11.8. The molecule has 3 aromatic carbocycles. The van der Waals surface area contributed by atoms with Crippen molar-refractivity contribution in [2.75, 3.05) is 19.0 Å². The van der Waals surface area contributed by atoms with Crippen molar-refractivity contribution in [3.05, 3.63) is 97.1 Å². The molecule has 0 atom stereocenters. The Morgan fingerprint density at radius 3 is 1.47 bits per heavy atom. The second kappa shape index (κ2) is 10.7. The molecule has 0 aliphatic rings. The number of nitrogens with zero attached hydrogens (tertiary/aromatic N) is 1. The molecular formula is C25H22ClNO4S. The van der Waals surface area contributed by atoms with Crippen LogP contribution in [0, 0.1) is 10.2 Å². The Balaban J connectivity index is 0.000000523. The van der Waals surface area contributed by atoms with Crippen molar-refractivity contribution in [2.45, 2.75) is 0 Å². The zero-order chi connectivity index (χ0) is 23.1. The van der Waals surface area contributed by atoms with Crippen molar-refractivity contribution in [3.8, 4) is 32.0 Å². The summed E-state index contributed by atoms with van der Waals surface area (Å²) in [6, 6.07) is 34.3. The lowest BCUT2D eigenvalue weighted by atomic mass is 9.99. The second-order valence-corrected chi connectivity index (χ2v) is 8.88. The minimum atomic E-state index is -4.94. The lowest BCUT2D eigenvalue weighted by Crippen LogP contribution is -2.68. The lowest BCUT2D eigenvalue weighted by molar-refractivity contribution is -2.00. The van der Waals surface area contributed by atoms with Gasteiger partial charge in [-0.05, 0) is 29.8 Å². The predicted molar refractivity (Wildman–Crippen MR) is 119 cm³/mol. The van der Waals surface area contributed by atoms with Crippen LogP contribution in [0.2, 0.25) is 0 Å². The highest BCUT2D eigenvalue weighted by molar-refractivity contribution is 7.19. The molecule has 5 nitrogen and oxygen atoms in total. The van der Waals surface area contributed by atoms with E-state index in [1.54, 1.807) is 0 Å². The van der Waals surface area contributed by atoms with Crippen LogP contribution in [0.1, 0.15) is 0 Å². The van der Waals surface area contributed by atoms with Gasteiger partial charge < -0.3 is 4.90 Å². The number of benzene rings is 3. The largest absolute Gasteiger partial charge is 0.377 e. The zero-order valence-electron chi connectivity index (χ0n) is 17.6. The molecule has 1 heterocycles. The third-order valence-electron chi connectivity index (χ3n) is 4.60. The average molecular weight is 468 g/mol. The molecule has 0 bridgehead atoms. The Morgan fingerprint density at radius 2 is 1.03 bits per heavy atom. The van der Waals surface area contributed by atoms with E-state index in [-0.39, 0.29) is 0 Å². The molecular weight excluding hydrogens is 446 g/mol. The zero-order valence-corrected chi connectivity index (χ0v) is 19.2. The predicted octanol–water partition coefficient (Wildman–Crippen LogP) is 2.34. The molecule has 0 spiro atoms.